The Morgan fingerprint density at radius 1 is 1.32 bits per heavy atom. The Kier molecular flexibility index (Phi) is 4.86. The van der Waals surface area contributed by atoms with Crippen LogP contribution < -0.4 is 5.56 Å². The van der Waals surface area contributed by atoms with E-state index in [1.807, 2.05) is 0 Å². The number of piperidine rings is 1. The highest BCUT2D eigenvalue weighted by atomic mass is 32.1. The second-order valence-corrected chi connectivity index (χ2v) is 5.02. The molecular formula is C12H18N4O2S. The summed E-state index contributed by atoms with van der Waals surface area (Å²) in [6.45, 7) is 3.76. The number of H-pyrrole nitrogens is 2. The number of aromatic nitrogens is 2. The standard InChI is InChI=1S/C12H18N4O2S/c17-10-9(11(18)15-12(19)14-10)8-13-4-7-16-5-2-1-3-6-16/h8H,1-7H2,(H3,14,15,17,18,19). The zero-order valence-electron chi connectivity index (χ0n) is 10.7. The highest BCUT2D eigenvalue weighted by Gasteiger charge is 2.08. The number of hydrogen-bond acceptors (Lipinski definition) is 5. The van der Waals surface area contributed by atoms with Gasteiger partial charge >= 0.3 is 0 Å². The molecule has 104 valence electrons. The number of aromatic amines is 2. The molecule has 2 heterocycles. The van der Waals surface area contributed by atoms with Gasteiger partial charge in [0.25, 0.3) is 5.56 Å². The lowest BCUT2D eigenvalue weighted by Crippen LogP contribution is -2.31. The first-order valence-electron chi connectivity index (χ1n) is 6.44. The second kappa shape index (κ2) is 6.63. The molecule has 0 aliphatic carbocycles. The maximum Gasteiger partial charge on any atom is 0.264 e. The Morgan fingerprint density at radius 3 is 2.74 bits per heavy atom. The van der Waals surface area contributed by atoms with Crippen LogP contribution in [0, 0.1) is 4.77 Å². The van der Waals surface area contributed by atoms with Gasteiger partial charge in [-0.1, -0.05) is 6.42 Å². The molecule has 0 bridgehead atoms. The zero-order valence-corrected chi connectivity index (χ0v) is 11.5. The molecule has 0 spiro atoms. The predicted molar refractivity (Wildman–Crippen MR) is 76.7 cm³/mol. The summed E-state index contributed by atoms with van der Waals surface area (Å²) in [6, 6.07) is 0. The van der Waals surface area contributed by atoms with Crippen LogP contribution in [0.25, 0.3) is 0 Å². The van der Waals surface area contributed by atoms with Gasteiger partial charge in [0, 0.05) is 12.8 Å². The fraction of sp³-hybridized carbons (Fsp3) is 0.583. The van der Waals surface area contributed by atoms with E-state index in [-0.39, 0.29) is 16.2 Å². The van der Waals surface area contributed by atoms with E-state index in [2.05, 4.69) is 19.9 Å². The van der Waals surface area contributed by atoms with Crippen molar-refractivity contribution in [3.05, 3.63) is 20.7 Å². The average Bonchev–Trinajstić information content (AvgIpc) is 2.38. The minimum atomic E-state index is -0.428. The van der Waals surface area contributed by atoms with Gasteiger partial charge in [-0.15, -0.1) is 0 Å². The lowest BCUT2D eigenvalue weighted by Gasteiger charge is -2.25. The van der Waals surface area contributed by atoms with Crippen LogP contribution in [-0.2, 0) is 0 Å². The van der Waals surface area contributed by atoms with Gasteiger partial charge in [-0.3, -0.25) is 14.8 Å². The van der Waals surface area contributed by atoms with Gasteiger partial charge < -0.3 is 15.0 Å². The number of aliphatic imine (C=N–C) groups is 1. The molecule has 1 aliphatic heterocycles. The quantitative estimate of drug-likeness (QED) is 0.569. The fourth-order valence-electron chi connectivity index (χ4n) is 2.14. The van der Waals surface area contributed by atoms with Crippen molar-refractivity contribution in [3.8, 4) is 5.88 Å². The highest BCUT2D eigenvalue weighted by Crippen LogP contribution is 2.08. The summed E-state index contributed by atoms with van der Waals surface area (Å²) in [5, 5.41) is 9.58. The summed E-state index contributed by atoms with van der Waals surface area (Å²) in [6.07, 6.45) is 5.20. The molecule has 0 unspecified atom stereocenters. The number of likely N-dealkylation sites (tertiary alicyclic amines) is 1. The summed E-state index contributed by atoms with van der Waals surface area (Å²) >= 11 is 4.75. The average molecular weight is 282 g/mol. The molecule has 1 aromatic rings. The minimum Gasteiger partial charge on any atom is -0.494 e. The smallest absolute Gasteiger partial charge is 0.264 e. The minimum absolute atomic E-state index is 0.105. The molecule has 6 nitrogen and oxygen atoms in total. The van der Waals surface area contributed by atoms with Crippen molar-refractivity contribution in [1.29, 1.82) is 0 Å². The van der Waals surface area contributed by atoms with E-state index in [1.54, 1.807) is 0 Å². The SMILES string of the molecule is O=c1[nH]c(=S)[nH]c(O)c1C=NCCN1CCCCC1. The van der Waals surface area contributed by atoms with Crippen molar-refractivity contribution in [1.82, 2.24) is 14.9 Å². The van der Waals surface area contributed by atoms with Gasteiger partial charge in [-0.05, 0) is 38.1 Å². The normalized spacial score (nSPS) is 17.1. The first-order valence-corrected chi connectivity index (χ1v) is 6.85. The number of nitrogens with one attached hydrogen (secondary N) is 2. The van der Waals surface area contributed by atoms with Crippen molar-refractivity contribution in [2.24, 2.45) is 4.99 Å². The van der Waals surface area contributed by atoms with Gasteiger partial charge in [0.05, 0.1) is 6.54 Å². The molecule has 2 rings (SSSR count). The molecule has 0 saturated carbocycles. The van der Waals surface area contributed by atoms with Crippen LogP contribution in [0.3, 0.4) is 0 Å². The van der Waals surface area contributed by atoms with Crippen LogP contribution in [-0.4, -0.2) is 52.4 Å². The third kappa shape index (κ3) is 4.00. The van der Waals surface area contributed by atoms with Crippen LogP contribution >= 0.6 is 12.2 Å². The Labute approximate surface area is 116 Å². The summed E-state index contributed by atoms with van der Waals surface area (Å²) in [5.41, 5.74) is -0.310. The van der Waals surface area contributed by atoms with Gasteiger partial charge in [-0.2, -0.15) is 0 Å². The zero-order chi connectivity index (χ0) is 13.7. The van der Waals surface area contributed by atoms with E-state index in [9.17, 15) is 9.90 Å². The molecule has 0 aromatic carbocycles. The third-order valence-corrected chi connectivity index (χ3v) is 3.38. The first-order chi connectivity index (χ1) is 9.16. The number of nitrogens with zero attached hydrogens (tertiary/aromatic N) is 2. The molecule has 0 atom stereocenters. The molecule has 1 aromatic heterocycles. The van der Waals surface area contributed by atoms with Crippen LogP contribution in [0.1, 0.15) is 24.8 Å². The van der Waals surface area contributed by atoms with Crippen LogP contribution in [0.2, 0.25) is 0 Å². The Bertz CT molecular complexity index is 558. The molecule has 0 radical (unpaired) electrons. The largest absolute Gasteiger partial charge is 0.494 e. The molecule has 0 amide bonds. The third-order valence-electron chi connectivity index (χ3n) is 3.17. The summed E-state index contributed by atoms with van der Waals surface area (Å²) in [4.78, 5) is 23.0. The maximum absolute atomic E-state index is 11.6. The van der Waals surface area contributed by atoms with Crippen LogP contribution in [0.4, 0.5) is 0 Å². The fourth-order valence-corrected chi connectivity index (χ4v) is 2.33. The van der Waals surface area contributed by atoms with E-state index in [4.69, 9.17) is 12.2 Å². The summed E-state index contributed by atoms with van der Waals surface area (Å²) in [7, 11) is 0. The van der Waals surface area contributed by atoms with E-state index in [0.29, 0.717) is 6.54 Å². The molecule has 19 heavy (non-hydrogen) atoms. The Morgan fingerprint density at radius 2 is 2.05 bits per heavy atom. The monoisotopic (exact) mass is 282 g/mol. The van der Waals surface area contributed by atoms with Crippen molar-refractivity contribution in [2.75, 3.05) is 26.2 Å². The number of aromatic hydroxyl groups is 1. The number of hydrogen-bond donors (Lipinski definition) is 3. The summed E-state index contributed by atoms with van der Waals surface area (Å²) < 4.78 is 0.105. The lowest BCUT2D eigenvalue weighted by atomic mass is 10.1. The molecule has 1 fully saturated rings. The molecular weight excluding hydrogens is 264 g/mol. The van der Waals surface area contributed by atoms with Crippen molar-refractivity contribution >= 4 is 18.4 Å². The number of rotatable bonds is 4. The highest BCUT2D eigenvalue weighted by molar-refractivity contribution is 7.71. The maximum atomic E-state index is 11.6. The van der Waals surface area contributed by atoms with Crippen LogP contribution in [0.5, 0.6) is 5.88 Å². The van der Waals surface area contributed by atoms with Crippen molar-refractivity contribution in [2.45, 2.75) is 19.3 Å². The second-order valence-electron chi connectivity index (χ2n) is 4.61. The summed E-state index contributed by atoms with van der Waals surface area (Å²) in [5.74, 6) is -0.240. The molecule has 7 heteroatoms. The first kappa shape index (κ1) is 14.0. The molecule has 1 aliphatic rings. The van der Waals surface area contributed by atoms with Crippen LogP contribution in [0.15, 0.2) is 9.79 Å². The Hall–Kier alpha value is -1.47. The van der Waals surface area contributed by atoms with Gasteiger partial charge in [-0.25, -0.2) is 0 Å². The van der Waals surface area contributed by atoms with Crippen molar-refractivity contribution in [3.63, 3.8) is 0 Å². The van der Waals surface area contributed by atoms with E-state index in [0.717, 1.165) is 19.6 Å². The Balaban J connectivity index is 1.92. The van der Waals surface area contributed by atoms with Crippen molar-refractivity contribution < 1.29 is 5.11 Å². The van der Waals surface area contributed by atoms with Gasteiger partial charge in [0.2, 0.25) is 5.88 Å². The lowest BCUT2D eigenvalue weighted by molar-refractivity contribution is 0.235. The van der Waals surface area contributed by atoms with E-state index in [1.165, 1.54) is 25.5 Å². The topological polar surface area (TPSA) is 84.5 Å². The van der Waals surface area contributed by atoms with E-state index >= 15 is 0 Å². The van der Waals surface area contributed by atoms with Gasteiger partial charge in [0.1, 0.15) is 5.56 Å². The predicted octanol–water partition coefficient (Wildman–Crippen LogP) is 1.04. The molecule has 1 saturated heterocycles. The van der Waals surface area contributed by atoms with E-state index < -0.39 is 5.56 Å². The molecule has 3 N–H and O–H groups in total. The van der Waals surface area contributed by atoms with Gasteiger partial charge in [0.15, 0.2) is 4.77 Å².